The predicted octanol–water partition coefficient (Wildman–Crippen LogP) is 3.58. The summed E-state index contributed by atoms with van der Waals surface area (Å²) in [6.45, 7) is 2.48. The molecule has 0 N–H and O–H groups in total. The van der Waals surface area contributed by atoms with E-state index in [1.807, 2.05) is 11.4 Å². The quantitative estimate of drug-likeness (QED) is 0.710. The Morgan fingerprint density at radius 1 is 1.32 bits per heavy atom. The Morgan fingerprint density at radius 3 is 2.96 bits per heavy atom. The SMILES string of the molecule is FC(F)(F)c1cc(C2CCCN(Cc3cccs3)C2)nc2ncnn12. The standard InChI is InChI=1S/C16H16F3N5S/c17-16(18,19)14-7-13(22-15-20-10-21-24(14)15)11-3-1-5-23(8-11)9-12-4-2-6-25-12/h2,4,6-7,10-11H,1,3,5,8-9H2. The second-order valence-corrected chi connectivity index (χ2v) is 7.22. The summed E-state index contributed by atoms with van der Waals surface area (Å²) in [6, 6.07) is 5.22. The van der Waals surface area contributed by atoms with Crippen LogP contribution in [-0.2, 0) is 12.7 Å². The molecule has 0 spiro atoms. The van der Waals surface area contributed by atoms with Crippen LogP contribution in [0.15, 0.2) is 29.9 Å². The largest absolute Gasteiger partial charge is 0.433 e. The molecule has 4 rings (SSSR count). The third-order valence-corrected chi connectivity index (χ3v) is 5.31. The molecule has 4 heterocycles. The van der Waals surface area contributed by atoms with Crippen LogP contribution in [-0.4, -0.2) is 37.6 Å². The van der Waals surface area contributed by atoms with Crippen LogP contribution in [0.25, 0.3) is 5.78 Å². The molecule has 5 nitrogen and oxygen atoms in total. The second-order valence-electron chi connectivity index (χ2n) is 6.19. The van der Waals surface area contributed by atoms with Gasteiger partial charge in [-0.25, -0.2) is 4.98 Å². The Bertz CT molecular complexity index is 858. The normalized spacial score (nSPS) is 19.6. The Hall–Kier alpha value is -2.00. The van der Waals surface area contributed by atoms with E-state index in [1.54, 1.807) is 11.3 Å². The fourth-order valence-corrected chi connectivity index (χ4v) is 4.05. The van der Waals surface area contributed by atoms with Gasteiger partial charge in [0.05, 0.1) is 5.69 Å². The zero-order valence-electron chi connectivity index (χ0n) is 13.3. The Labute approximate surface area is 146 Å². The van der Waals surface area contributed by atoms with Gasteiger partial charge >= 0.3 is 6.18 Å². The molecule has 1 unspecified atom stereocenters. The Kier molecular flexibility index (Phi) is 4.20. The second kappa shape index (κ2) is 6.38. The molecule has 1 aliphatic heterocycles. The molecule has 1 atom stereocenters. The highest BCUT2D eigenvalue weighted by atomic mass is 32.1. The molecule has 0 saturated carbocycles. The smallest absolute Gasteiger partial charge is 0.298 e. The van der Waals surface area contributed by atoms with E-state index in [2.05, 4.69) is 26.0 Å². The van der Waals surface area contributed by atoms with Crippen LogP contribution < -0.4 is 0 Å². The first-order chi connectivity index (χ1) is 12.0. The predicted molar refractivity (Wildman–Crippen MR) is 87.4 cm³/mol. The van der Waals surface area contributed by atoms with Crippen molar-refractivity contribution in [3.63, 3.8) is 0 Å². The molecule has 1 aliphatic rings. The molecule has 0 bridgehead atoms. The molecule has 0 amide bonds. The molecule has 25 heavy (non-hydrogen) atoms. The summed E-state index contributed by atoms with van der Waals surface area (Å²) in [5, 5.41) is 5.69. The lowest BCUT2D eigenvalue weighted by molar-refractivity contribution is -0.142. The highest BCUT2D eigenvalue weighted by molar-refractivity contribution is 7.09. The van der Waals surface area contributed by atoms with Gasteiger partial charge in [0, 0.05) is 23.9 Å². The Morgan fingerprint density at radius 2 is 2.20 bits per heavy atom. The maximum Gasteiger partial charge on any atom is 0.433 e. The zero-order chi connectivity index (χ0) is 17.4. The van der Waals surface area contributed by atoms with Crippen molar-refractivity contribution in [1.29, 1.82) is 0 Å². The molecule has 3 aromatic heterocycles. The van der Waals surface area contributed by atoms with Crippen molar-refractivity contribution in [2.24, 2.45) is 0 Å². The van der Waals surface area contributed by atoms with E-state index in [0.29, 0.717) is 12.2 Å². The van der Waals surface area contributed by atoms with Gasteiger partial charge in [0.25, 0.3) is 5.78 Å². The number of fused-ring (bicyclic) bond motifs is 1. The average molecular weight is 367 g/mol. The summed E-state index contributed by atoms with van der Waals surface area (Å²) in [5.74, 6) is -0.0308. The molecule has 3 aromatic rings. The zero-order valence-corrected chi connectivity index (χ0v) is 14.1. The number of rotatable bonds is 3. The topological polar surface area (TPSA) is 46.3 Å². The van der Waals surface area contributed by atoms with Crippen LogP contribution in [0.4, 0.5) is 13.2 Å². The number of alkyl halides is 3. The number of halogens is 3. The number of likely N-dealkylation sites (tertiary alicyclic amines) is 1. The fraction of sp³-hybridized carbons (Fsp3) is 0.438. The van der Waals surface area contributed by atoms with Crippen molar-refractivity contribution in [1.82, 2.24) is 24.5 Å². The molecule has 0 radical (unpaired) electrons. The van der Waals surface area contributed by atoms with Crippen molar-refractivity contribution in [3.05, 3.63) is 46.2 Å². The first-order valence-electron chi connectivity index (χ1n) is 8.03. The number of hydrogen-bond acceptors (Lipinski definition) is 5. The minimum atomic E-state index is -4.49. The van der Waals surface area contributed by atoms with Gasteiger partial charge in [0.1, 0.15) is 6.33 Å². The third-order valence-electron chi connectivity index (χ3n) is 4.45. The van der Waals surface area contributed by atoms with Crippen LogP contribution >= 0.6 is 11.3 Å². The molecular formula is C16H16F3N5S. The highest BCUT2D eigenvalue weighted by Crippen LogP contribution is 2.33. The van der Waals surface area contributed by atoms with E-state index in [-0.39, 0.29) is 11.7 Å². The van der Waals surface area contributed by atoms with Gasteiger partial charge in [-0.1, -0.05) is 6.07 Å². The van der Waals surface area contributed by atoms with Crippen LogP contribution in [0.3, 0.4) is 0 Å². The Balaban J connectivity index is 1.62. The lowest BCUT2D eigenvalue weighted by atomic mass is 9.94. The number of thiophene rings is 1. The minimum Gasteiger partial charge on any atom is -0.298 e. The third kappa shape index (κ3) is 3.38. The summed E-state index contributed by atoms with van der Waals surface area (Å²) in [6.07, 6.45) is -1.62. The number of nitrogens with zero attached hydrogens (tertiary/aromatic N) is 5. The van der Waals surface area contributed by atoms with Crippen LogP contribution in [0.5, 0.6) is 0 Å². The van der Waals surface area contributed by atoms with Crippen LogP contribution in [0.1, 0.15) is 35.0 Å². The minimum absolute atomic E-state index is 0.000190. The first-order valence-corrected chi connectivity index (χ1v) is 8.91. The van der Waals surface area contributed by atoms with Gasteiger partial charge in [0.2, 0.25) is 0 Å². The van der Waals surface area contributed by atoms with E-state index in [1.165, 1.54) is 4.88 Å². The molecule has 1 fully saturated rings. The number of hydrogen-bond donors (Lipinski definition) is 0. The van der Waals surface area contributed by atoms with Crippen molar-refractivity contribution in [3.8, 4) is 0 Å². The van der Waals surface area contributed by atoms with E-state index >= 15 is 0 Å². The summed E-state index contributed by atoms with van der Waals surface area (Å²) in [5.41, 5.74) is -0.371. The van der Waals surface area contributed by atoms with Gasteiger partial charge in [-0.05, 0) is 36.9 Å². The highest BCUT2D eigenvalue weighted by Gasteiger charge is 2.36. The van der Waals surface area contributed by atoms with Gasteiger partial charge in [-0.3, -0.25) is 4.90 Å². The van der Waals surface area contributed by atoms with Crippen LogP contribution in [0.2, 0.25) is 0 Å². The lowest BCUT2D eigenvalue weighted by Gasteiger charge is -2.32. The molecule has 0 aromatic carbocycles. The van der Waals surface area contributed by atoms with Crippen molar-refractivity contribution < 1.29 is 13.2 Å². The number of piperidine rings is 1. The van der Waals surface area contributed by atoms with E-state index in [0.717, 1.165) is 42.8 Å². The van der Waals surface area contributed by atoms with Crippen LogP contribution in [0, 0.1) is 0 Å². The van der Waals surface area contributed by atoms with E-state index in [4.69, 9.17) is 0 Å². The molecular weight excluding hydrogens is 351 g/mol. The van der Waals surface area contributed by atoms with E-state index < -0.39 is 11.9 Å². The monoisotopic (exact) mass is 367 g/mol. The average Bonchev–Trinajstić information content (AvgIpc) is 3.24. The van der Waals surface area contributed by atoms with Gasteiger partial charge in [0.15, 0.2) is 5.69 Å². The van der Waals surface area contributed by atoms with Crippen molar-refractivity contribution in [2.75, 3.05) is 13.1 Å². The molecule has 1 saturated heterocycles. The summed E-state index contributed by atoms with van der Waals surface area (Å²) in [7, 11) is 0. The van der Waals surface area contributed by atoms with Crippen molar-refractivity contribution in [2.45, 2.75) is 31.5 Å². The van der Waals surface area contributed by atoms with Gasteiger partial charge in [-0.15, -0.1) is 11.3 Å². The number of aromatic nitrogens is 4. The fourth-order valence-electron chi connectivity index (χ4n) is 3.31. The molecule has 132 valence electrons. The maximum absolute atomic E-state index is 13.3. The first kappa shape index (κ1) is 16.5. The lowest BCUT2D eigenvalue weighted by Crippen LogP contribution is -2.34. The molecule has 9 heteroatoms. The summed E-state index contributed by atoms with van der Waals surface area (Å²) in [4.78, 5) is 11.7. The maximum atomic E-state index is 13.3. The van der Waals surface area contributed by atoms with E-state index in [9.17, 15) is 13.2 Å². The van der Waals surface area contributed by atoms with Gasteiger partial charge in [-0.2, -0.15) is 27.8 Å². The van der Waals surface area contributed by atoms with Crippen molar-refractivity contribution >= 4 is 17.1 Å². The summed E-state index contributed by atoms with van der Waals surface area (Å²) < 4.78 is 40.8. The van der Waals surface area contributed by atoms with Gasteiger partial charge < -0.3 is 0 Å². The molecule has 0 aliphatic carbocycles. The summed E-state index contributed by atoms with van der Waals surface area (Å²) >= 11 is 1.69.